The number of benzene rings is 1. The minimum Gasteiger partial charge on any atom is -0.376 e. The topological polar surface area (TPSA) is 68.5 Å². The average molecular weight is 340 g/mol. The van der Waals surface area contributed by atoms with E-state index in [1.165, 1.54) is 12.1 Å². The van der Waals surface area contributed by atoms with Crippen LogP contribution in [0.4, 0.5) is 4.39 Å². The van der Waals surface area contributed by atoms with Crippen molar-refractivity contribution >= 4 is 11.6 Å². The van der Waals surface area contributed by atoms with Crippen molar-refractivity contribution in [1.82, 2.24) is 19.9 Å². The summed E-state index contributed by atoms with van der Waals surface area (Å²) in [6.45, 7) is 1.27. The maximum absolute atomic E-state index is 13.1. The number of carbonyl (C=O) groups excluding carboxylic acids is 1. The van der Waals surface area contributed by atoms with Gasteiger partial charge in [0, 0.05) is 30.5 Å². The Bertz CT molecular complexity index is 901. The molecule has 1 fully saturated rings. The Balaban J connectivity index is 1.54. The molecule has 6 nitrogen and oxygen atoms in total. The van der Waals surface area contributed by atoms with Gasteiger partial charge in [0.15, 0.2) is 11.5 Å². The third-order valence-corrected chi connectivity index (χ3v) is 4.29. The first kappa shape index (κ1) is 15.7. The van der Waals surface area contributed by atoms with Crippen molar-refractivity contribution in [3.05, 3.63) is 54.0 Å². The van der Waals surface area contributed by atoms with Gasteiger partial charge in [0.25, 0.3) is 5.91 Å². The van der Waals surface area contributed by atoms with Gasteiger partial charge in [-0.1, -0.05) is 0 Å². The summed E-state index contributed by atoms with van der Waals surface area (Å²) in [5.74, 6) is 0.133. The Labute approximate surface area is 143 Å². The number of hydrogen-bond acceptors (Lipinski definition) is 4. The molecule has 3 aromatic rings. The van der Waals surface area contributed by atoms with Crippen molar-refractivity contribution < 1.29 is 13.9 Å². The summed E-state index contributed by atoms with van der Waals surface area (Å²) in [6.07, 6.45) is 3.86. The molecule has 0 spiro atoms. The van der Waals surface area contributed by atoms with Crippen LogP contribution < -0.4 is 5.32 Å². The lowest BCUT2D eigenvalue weighted by molar-refractivity contribution is 0.0858. The van der Waals surface area contributed by atoms with E-state index in [9.17, 15) is 9.18 Å². The number of nitrogens with zero attached hydrogens (tertiary/aromatic N) is 3. The van der Waals surface area contributed by atoms with Gasteiger partial charge in [-0.25, -0.2) is 4.39 Å². The fourth-order valence-electron chi connectivity index (χ4n) is 2.94. The first-order valence-electron chi connectivity index (χ1n) is 8.21. The lowest BCUT2D eigenvalue weighted by Gasteiger charge is -2.10. The standard InChI is InChI=1S/C18H17FN4O2/c19-14-5-3-12(4-6-14)17-22-21-16-10-13(7-8-23(16)17)18(24)20-11-15-2-1-9-25-15/h3-8,10,15H,1-2,9,11H2,(H,20,24)/t15-/m0/s1. The number of ether oxygens (including phenoxy) is 1. The van der Waals surface area contributed by atoms with Gasteiger partial charge in [0.05, 0.1) is 6.10 Å². The van der Waals surface area contributed by atoms with Crippen LogP contribution >= 0.6 is 0 Å². The highest BCUT2D eigenvalue weighted by Gasteiger charge is 2.17. The van der Waals surface area contributed by atoms with E-state index in [2.05, 4.69) is 15.5 Å². The highest BCUT2D eigenvalue weighted by Crippen LogP contribution is 2.19. The van der Waals surface area contributed by atoms with Crippen molar-refractivity contribution in [3.63, 3.8) is 0 Å². The molecule has 0 bridgehead atoms. The molecule has 0 saturated carbocycles. The lowest BCUT2D eigenvalue weighted by atomic mass is 10.2. The first-order valence-corrected chi connectivity index (χ1v) is 8.21. The number of hydrogen-bond donors (Lipinski definition) is 1. The Morgan fingerprint density at radius 3 is 2.88 bits per heavy atom. The Morgan fingerprint density at radius 1 is 1.28 bits per heavy atom. The van der Waals surface area contributed by atoms with Crippen molar-refractivity contribution in [1.29, 1.82) is 0 Å². The third-order valence-electron chi connectivity index (χ3n) is 4.29. The lowest BCUT2D eigenvalue weighted by Crippen LogP contribution is -2.31. The maximum atomic E-state index is 13.1. The van der Waals surface area contributed by atoms with Crippen LogP contribution in [0, 0.1) is 5.82 Å². The minimum absolute atomic E-state index is 0.103. The Morgan fingerprint density at radius 2 is 2.12 bits per heavy atom. The highest BCUT2D eigenvalue weighted by molar-refractivity contribution is 5.95. The summed E-state index contributed by atoms with van der Waals surface area (Å²) < 4.78 is 20.3. The summed E-state index contributed by atoms with van der Waals surface area (Å²) in [4.78, 5) is 12.3. The predicted molar refractivity (Wildman–Crippen MR) is 89.7 cm³/mol. The zero-order valence-electron chi connectivity index (χ0n) is 13.5. The number of carbonyl (C=O) groups is 1. The number of fused-ring (bicyclic) bond motifs is 1. The van der Waals surface area contributed by atoms with Crippen molar-refractivity contribution in [2.45, 2.75) is 18.9 Å². The van der Waals surface area contributed by atoms with E-state index in [4.69, 9.17) is 4.74 Å². The molecule has 1 aromatic carbocycles. The predicted octanol–water partition coefficient (Wildman–Crippen LogP) is 2.44. The number of rotatable bonds is 4. The molecular formula is C18H17FN4O2. The minimum atomic E-state index is -0.303. The van der Waals surface area contributed by atoms with Gasteiger partial charge >= 0.3 is 0 Å². The van der Waals surface area contributed by atoms with Crippen LogP contribution in [0.15, 0.2) is 42.6 Å². The quantitative estimate of drug-likeness (QED) is 0.792. The molecule has 1 aliphatic heterocycles. The van der Waals surface area contributed by atoms with Gasteiger partial charge in [0.1, 0.15) is 5.82 Å². The number of halogens is 1. The smallest absolute Gasteiger partial charge is 0.251 e. The third kappa shape index (κ3) is 3.23. The fraction of sp³-hybridized carbons (Fsp3) is 0.278. The highest BCUT2D eigenvalue weighted by atomic mass is 19.1. The van der Waals surface area contributed by atoms with Gasteiger partial charge < -0.3 is 10.1 Å². The first-order chi connectivity index (χ1) is 12.2. The molecule has 1 saturated heterocycles. The fourth-order valence-corrected chi connectivity index (χ4v) is 2.94. The summed E-state index contributed by atoms with van der Waals surface area (Å²) >= 11 is 0. The van der Waals surface area contributed by atoms with Gasteiger partial charge in [-0.05, 0) is 49.2 Å². The van der Waals surface area contributed by atoms with Gasteiger partial charge in [0.2, 0.25) is 0 Å². The zero-order valence-corrected chi connectivity index (χ0v) is 13.5. The second-order valence-corrected chi connectivity index (χ2v) is 6.02. The SMILES string of the molecule is O=C(NC[C@@H]1CCCO1)c1ccn2c(-c3ccc(F)cc3)nnc2c1. The normalized spacial score (nSPS) is 17.1. The molecule has 128 valence electrons. The van der Waals surface area contributed by atoms with Crippen molar-refractivity contribution in [3.8, 4) is 11.4 Å². The molecule has 0 radical (unpaired) electrons. The van der Waals surface area contributed by atoms with Gasteiger partial charge in [-0.15, -0.1) is 10.2 Å². The van der Waals surface area contributed by atoms with Crippen LogP contribution in [-0.2, 0) is 4.74 Å². The van der Waals surface area contributed by atoms with Crippen LogP contribution in [0.5, 0.6) is 0 Å². The zero-order chi connectivity index (χ0) is 17.2. The van der Waals surface area contributed by atoms with E-state index in [-0.39, 0.29) is 17.8 Å². The van der Waals surface area contributed by atoms with Gasteiger partial charge in [-0.3, -0.25) is 9.20 Å². The second kappa shape index (κ2) is 6.60. The van der Waals surface area contributed by atoms with Crippen LogP contribution in [0.25, 0.3) is 17.0 Å². The van der Waals surface area contributed by atoms with E-state index in [0.717, 1.165) is 25.0 Å². The van der Waals surface area contributed by atoms with Crippen LogP contribution in [0.2, 0.25) is 0 Å². The molecule has 4 rings (SSSR count). The van der Waals surface area contributed by atoms with Crippen LogP contribution in [0.3, 0.4) is 0 Å². The summed E-state index contributed by atoms with van der Waals surface area (Å²) in [6, 6.07) is 9.45. The van der Waals surface area contributed by atoms with E-state index < -0.39 is 0 Å². The summed E-state index contributed by atoms with van der Waals surface area (Å²) in [7, 11) is 0. The van der Waals surface area contributed by atoms with Crippen molar-refractivity contribution in [2.24, 2.45) is 0 Å². The van der Waals surface area contributed by atoms with E-state index in [1.54, 1.807) is 34.9 Å². The summed E-state index contributed by atoms with van der Waals surface area (Å²) in [5, 5.41) is 11.1. The Kier molecular flexibility index (Phi) is 4.15. The number of amides is 1. The largest absolute Gasteiger partial charge is 0.376 e. The van der Waals surface area contributed by atoms with Crippen LogP contribution in [0.1, 0.15) is 23.2 Å². The van der Waals surface area contributed by atoms with E-state index in [0.29, 0.717) is 23.6 Å². The molecule has 1 aliphatic rings. The molecule has 0 unspecified atom stereocenters. The number of nitrogens with one attached hydrogen (secondary N) is 1. The van der Waals surface area contributed by atoms with E-state index >= 15 is 0 Å². The second-order valence-electron chi connectivity index (χ2n) is 6.02. The average Bonchev–Trinajstić information content (AvgIpc) is 3.29. The molecule has 7 heteroatoms. The molecule has 0 aliphatic carbocycles. The van der Waals surface area contributed by atoms with Crippen molar-refractivity contribution in [2.75, 3.05) is 13.2 Å². The molecule has 25 heavy (non-hydrogen) atoms. The van der Waals surface area contributed by atoms with Gasteiger partial charge in [-0.2, -0.15) is 0 Å². The summed E-state index contributed by atoms with van der Waals surface area (Å²) in [5.41, 5.74) is 1.83. The molecule has 2 aromatic heterocycles. The number of aromatic nitrogens is 3. The van der Waals surface area contributed by atoms with Crippen LogP contribution in [-0.4, -0.2) is 39.8 Å². The molecule has 1 N–H and O–H groups in total. The Hall–Kier alpha value is -2.80. The molecule has 3 heterocycles. The molecular weight excluding hydrogens is 323 g/mol. The maximum Gasteiger partial charge on any atom is 0.251 e. The molecule has 1 amide bonds. The van der Waals surface area contributed by atoms with E-state index in [1.807, 2.05) is 0 Å². The number of pyridine rings is 1. The monoisotopic (exact) mass is 340 g/mol. The molecule has 1 atom stereocenters.